The van der Waals surface area contributed by atoms with Gasteiger partial charge in [0.15, 0.2) is 12.4 Å². The average molecular weight is 329 g/mol. The molecule has 0 aromatic carbocycles. The zero-order valence-electron chi connectivity index (χ0n) is 11.8. The fourth-order valence-corrected chi connectivity index (χ4v) is 2.06. The summed E-state index contributed by atoms with van der Waals surface area (Å²) in [6.45, 7) is 3.21. The standard InChI is InChI=1S/C15H24N2O.BrH/c1-2-3-4-5-6-7-8-11-17-12-9-10-14(13-17)15(16)18;/h9-10,12-13H,2-8,11H2,1H3,(H-,16,18);1H. The Labute approximate surface area is 127 Å². The maximum Gasteiger partial charge on any atom is 0.254 e. The van der Waals surface area contributed by atoms with Crippen LogP contribution in [0.15, 0.2) is 24.5 Å². The van der Waals surface area contributed by atoms with E-state index in [2.05, 4.69) is 6.92 Å². The molecule has 0 bridgehead atoms. The number of nitrogens with zero attached hydrogens (tertiary/aromatic N) is 1. The highest BCUT2D eigenvalue weighted by atomic mass is 79.9. The zero-order chi connectivity index (χ0) is 13.2. The molecule has 0 saturated heterocycles. The first-order valence-corrected chi connectivity index (χ1v) is 7.03. The third-order valence-electron chi connectivity index (χ3n) is 3.16. The van der Waals surface area contributed by atoms with Gasteiger partial charge in [0.05, 0.1) is 0 Å². The summed E-state index contributed by atoms with van der Waals surface area (Å²) >= 11 is 0. The molecule has 1 aromatic rings. The number of hydrogen-bond donors (Lipinski definition) is 1. The molecule has 1 aromatic heterocycles. The molecule has 0 unspecified atom stereocenters. The lowest BCUT2D eigenvalue weighted by atomic mass is 10.1. The monoisotopic (exact) mass is 328 g/mol. The smallest absolute Gasteiger partial charge is 0.254 e. The van der Waals surface area contributed by atoms with E-state index in [0.29, 0.717) is 5.56 Å². The van der Waals surface area contributed by atoms with Crippen molar-refractivity contribution in [2.75, 3.05) is 0 Å². The molecule has 1 amide bonds. The summed E-state index contributed by atoms with van der Waals surface area (Å²) < 4.78 is 2.05. The maximum absolute atomic E-state index is 11.0. The van der Waals surface area contributed by atoms with E-state index in [-0.39, 0.29) is 22.9 Å². The van der Waals surface area contributed by atoms with Crippen molar-refractivity contribution in [3.05, 3.63) is 30.1 Å². The van der Waals surface area contributed by atoms with Gasteiger partial charge >= 0.3 is 0 Å². The van der Waals surface area contributed by atoms with Crippen molar-refractivity contribution in [1.82, 2.24) is 0 Å². The van der Waals surface area contributed by atoms with Crippen molar-refractivity contribution in [3.8, 4) is 0 Å². The second-order valence-corrected chi connectivity index (χ2v) is 4.82. The summed E-state index contributed by atoms with van der Waals surface area (Å²) in [7, 11) is 0. The van der Waals surface area contributed by atoms with E-state index in [9.17, 15) is 4.79 Å². The number of hydrogen-bond acceptors (Lipinski definition) is 1. The summed E-state index contributed by atoms with van der Waals surface area (Å²) in [6, 6.07) is 3.63. The second-order valence-electron chi connectivity index (χ2n) is 4.82. The lowest BCUT2D eigenvalue weighted by Gasteiger charge is -2.00. The van der Waals surface area contributed by atoms with E-state index in [1.54, 1.807) is 6.07 Å². The number of nitrogens with two attached hydrogens (primary N) is 1. The Kier molecular flexibility index (Phi) is 10.5. The first kappa shape index (κ1) is 18.1. The number of pyridine rings is 1. The largest absolute Gasteiger partial charge is 1.00 e. The zero-order valence-corrected chi connectivity index (χ0v) is 13.4. The molecule has 3 nitrogen and oxygen atoms in total. The number of unbranched alkanes of at least 4 members (excludes halogenated alkanes) is 6. The number of aryl methyl sites for hydroxylation is 1. The molecule has 0 saturated carbocycles. The lowest BCUT2D eigenvalue weighted by Crippen LogP contribution is -3.00. The van der Waals surface area contributed by atoms with Gasteiger partial charge in [-0.2, -0.15) is 0 Å². The molecule has 0 aliphatic rings. The van der Waals surface area contributed by atoms with Crippen LogP contribution in [-0.2, 0) is 6.54 Å². The minimum atomic E-state index is -0.357. The maximum atomic E-state index is 11.0. The van der Waals surface area contributed by atoms with E-state index in [1.165, 1.54) is 44.9 Å². The molecule has 4 heteroatoms. The van der Waals surface area contributed by atoms with Gasteiger partial charge in [0, 0.05) is 12.5 Å². The van der Waals surface area contributed by atoms with Gasteiger partial charge in [-0.3, -0.25) is 4.79 Å². The normalized spacial score (nSPS) is 9.95. The van der Waals surface area contributed by atoms with E-state index >= 15 is 0 Å². The molecule has 0 radical (unpaired) electrons. The van der Waals surface area contributed by atoms with E-state index < -0.39 is 0 Å². The lowest BCUT2D eigenvalue weighted by molar-refractivity contribution is -0.697. The van der Waals surface area contributed by atoms with Crippen LogP contribution in [0.3, 0.4) is 0 Å². The van der Waals surface area contributed by atoms with Crippen LogP contribution < -0.4 is 27.3 Å². The number of carbonyl (C=O) groups excluding carboxylic acids is 1. The molecule has 2 N–H and O–H groups in total. The van der Waals surface area contributed by atoms with E-state index in [4.69, 9.17) is 5.73 Å². The van der Waals surface area contributed by atoms with Gasteiger partial charge in [-0.1, -0.05) is 39.0 Å². The van der Waals surface area contributed by atoms with Gasteiger partial charge in [-0.05, 0) is 12.5 Å². The van der Waals surface area contributed by atoms with Gasteiger partial charge in [-0.15, -0.1) is 0 Å². The van der Waals surface area contributed by atoms with Gasteiger partial charge < -0.3 is 22.7 Å². The van der Waals surface area contributed by atoms with Crippen molar-refractivity contribution in [2.45, 2.75) is 58.4 Å². The SMILES string of the molecule is CCCCCCCCC[n+]1cccc(C(N)=O)c1.[Br-]. The fourth-order valence-electron chi connectivity index (χ4n) is 2.06. The Bertz CT molecular complexity index is 369. The summed E-state index contributed by atoms with van der Waals surface area (Å²) in [6.07, 6.45) is 12.9. The first-order chi connectivity index (χ1) is 8.74. The minimum Gasteiger partial charge on any atom is -1.00 e. The average Bonchev–Trinajstić information content (AvgIpc) is 2.38. The second kappa shape index (κ2) is 11.0. The highest BCUT2D eigenvalue weighted by Gasteiger charge is 2.06. The number of amides is 1. The highest BCUT2D eigenvalue weighted by molar-refractivity contribution is 5.92. The summed E-state index contributed by atoms with van der Waals surface area (Å²) in [4.78, 5) is 11.0. The molecule has 108 valence electrons. The quantitative estimate of drug-likeness (QED) is 0.496. The first-order valence-electron chi connectivity index (χ1n) is 7.03. The van der Waals surface area contributed by atoms with Gasteiger partial charge in [0.2, 0.25) is 0 Å². The molecule has 0 fully saturated rings. The number of rotatable bonds is 9. The van der Waals surface area contributed by atoms with Crippen LogP contribution in [0.5, 0.6) is 0 Å². The summed E-state index contributed by atoms with van der Waals surface area (Å²) in [5.74, 6) is -0.357. The number of primary amides is 1. The van der Waals surface area contributed by atoms with Crippen molar-refractivity contribution in [2.24, 2.45) is 5.73 Å². The Hall–Kier alpha value is -0.900. The van der Waals surface area contributed by atoms with Crippen LogP contribution >= 0.6 is 0 Å². The van der Waals surface area contributed by atoms with Crippen molar-refractivity contribution < 1.29 is 26.3 Å². The van der Waals surface area contributed by atoms with Crippen molar-refractivity contribution in [3.63, 3.8) is 0 Å². The topological polar surface area (TPSA) is 47.0 Å². The van der Waals surface area contributed by atoms with Crippen LogP contribution in [0.1, 0.15) is 62.2 Å². The van der Waals surface area contributed by atoms with Gasteiger partial charge in [0.1, 0.15) is 12.1 Å². The van der Waals surface area contributed by atoms with Crippen LogP contribution in [0.25, 0.3) is 0 Å². The fraction of sp³-hybridized carbons (Fsp3) is 0.600. The number of carbonyl (C=O) groups is 1. The van der Waals surface area contributed by atoms with Crippen molar-refractivity contribution >= 4 is 5.91 Å². The molecule has 0 atom stereocenters. The molecule has 0 aliphatic heterocycles. The molecular weight excluding hydrogens is 304 g/mol. The molecule has 0 spiro atoms. The Morgan fingerprint density at radius 3 is 2.42 bits per heavy atom. The van der Waals surface area contributed by atoms with Crippen LogP contribution in [0, 0.1) is 0 Å². The number of halogens is 1. The van der Waals surface area contributed by atoms with Crippen LogP contribution in [0.2, 0.25) is 0 Å². The molecular formula is C15H25BrN2O. The van der Waals surface area contributed by atoms with E-state index in [1.807, 2.05) is 23.0 Å². The van der Waals surface area contributed by atoms with Gasteiger partial charge in [-0.25, -0.2) is 4.57 Å². The molecule has 0 aliphatic carbocycles. The Morgan fingerprint density at radius 1 is 1.16 bits per heavy atom. The predicted molar refractivity (Wildman–Crippen MR) is 73.1 cm³/mol. The highest BCUT2D eigenvalue weighted by Crippen LogP contribution is 2.06. The third-order valence-corrected chi connectivity index (χ3v) is 3.16. The Morgan fingerprint density at radius 2 is 1.79 bits per heavy atom. The van der Waals surface area contributed by atoms with E-state index in [0.717, 1.165) is 6.54 Å². The molecule has 1 rings (SSSR count). The summed E-state index contributed by atoms with van der Waals surface area (Å²) in [5, 5.41) is 0. The number of aromatic nitrogens is 1. The molecule has 1 heterocycles. The third kappa shape index (κ3) is 7.98. The predicted octanol–water partition coefficient (Wildman–Crippen LogP) is -0.172. The minimum absolute atomic E-state index is 0. The van der Waals surface area contributed by atoms with Crippen molar-refractivity contribution in [1.29, 1.82) is 0 Å². The summed E-state index contributed by atoms with van der Waals surface area (Å²) in [5.41, 5.74) is 5.84. The Balaban J connectivity index is 0.00000324. The molecule has 19 heavy (non-hydrogen) atoms. The van der Waals surface area contributed by atoms with Crippen LogP contribution in [0.4, 0.5) is 0 Å². The van der Waals surface area contributed by atoms with Crippen LogP contribution in [-0.4, -0.2) is 5.91 Å². The van der Waals surface area contributed by atoms with Gasteiger partial charge in [0.25, 0.3) is 5.91 Å².